The van der Waals surface area contributed by atoms with E-state index in [0.29, 0.717) is 4.88 Å². The van der Waals surface area contributed by atoms with Crippen LogP contribution < -0.4 is 0 Å². The van der Waals surface area contributed by atoms with E-state index in [-0.39, 0.29) is 10.4 Å². The summed E-state index contributed by atoms with van der Waals surface area (Å²) >= 11 is 4.57. The molecular weight excluding hydrogens is 290 g/mol. The quantitative estimate of drug-likeness (QED) is 0.484. The lowest BCUT2D eigenvalue weighted by Gasteiger charge is -2.15. The maximum absolute atomic E-state index is 11.8. The highest BCUT2D eigenvalue weighted by Gasteiger charge is 2.16. The average Bonchev–Trinajstić information content (AvgIpc) is 2.59. The molecule has 0 aliphatic rings. The van der Waals surface area contributed by atoms with Crippen LogP contribution in [0.3, 0.4) is 0 Å². The Labute approximate surface area is 108 Å². The van der Waals surface area contributed by atoms with E-state index in [1.807, 2.05) is 33.8 Å². The molecule has 1 aromatic rings. The number of rotatable bonds is 3. The summed E-state index contributed by atoms with van der Waals surface area (Å²) in [6, 6.07) is 3.69. The van der Waals surface area contributed by atoms with Gasteiger partial charge in [0.1, 0.15) is 5.60 Å². The molecule has 0 spiro atoms. The van der Waals surface area contributed by atoms with E-state index in [4.69, 9.17) is 4.84 Å². The molecule has 1 aromatic heterocycles. The molecule has 0 fully saturated rings. The second-order valence-electron chi connectivity index (χ2n) is 4.33. The van der Waals surface area contributed by atoms with E-state index >= 15 is 0 Å². The molecule has 0 saturated heterocycles. The fraction of sp³-hybridized carbons (Fsp3) is 0.455. The van der Waals surface area contributed by atoms with Crippen LogP contribution in [0, 0.1) is 6.92 Å². The predicted octanol–water partition coefficient (Wildman–Crippen LogP) is 3.76. The first-order valence-electron chi connectivity index (χ1n) is 4.82. The summed E-state index contributed by atoms with van der Waals surface area (Å²) in [7, 11) is 0. The zero-order valence-electron chi connectivity index (χ0n) is 9.70. The fourth-order valence-corrected chi connectivity index (χ4v) is 2.10. The Morgan fingerprint density at radius 3 is 2.50 bits per heavy atom. The highest BCUT2D eigenvalue weighted by molar-refractivity contribution is 9.19. The van der Waals surface area contributed by atoms with Gasteiger partial charge in [0.15, 0.2) is 4.62 Å². The number of carbonyl (C=O) groups excluding carboxylic acids is 1. The van der Waals surface area contributed by atoms with Gasteiger partial charge in [0.25, 0.3) is 0 Å². The molecule has 0 atom stereocenters. The molecule has 0 amide bonds. The van der Waals surface area contributed by atoms with Crippen LogP contribution in [0.25, 0.3) is 0 Å². The zero-order valence-corrected chi connectivity index (χ0v) is 12.1. The van der Waals surface area contributed by atoms with Crippen molar-refractivity contribution in [3.8, 4) is 0 Å². The number of aryl methyl sites for hydroxylation is 1. The van der Waals surface area contributed by atoms with Gasteiger partial charge in [-0.3, -0.25) is 4.79 Å². The Morgan fingerprint density at radius 2 is 2.06 bits per heavy atom. The van der Waals surface area contributed by atoms with E-state index in [2.05, 4.69) is 21.1 Å². The van der Waals surface area contributed by atoms with Gasteiger partial charge in [-0.05, 0) is 55.8 Å². The molecule has 0 aliphatic carbocycles. The minimum Gasteiger partial charge on any atom is -0.389 e. The maximum atomic E-state index is 11.8. The van der Waals surface area contributed by atoms with Crippen LogP contribution in [0.4, 0.5) is 0 Å². The second kappa shape index (κ2) is 5.10. The minimum absolute atomic E-state index is 0.151. The molecule has 0 radical (unpaired) electrons. The molecule has 5 heteroatoms. The highest BCUT2D eigenvalue weighted by atomic mass is 79.9. The number of nitrogens with zero attached hydrogens (tertiary/aromatic N) is 1. The molecule has 3 nitrogen and oxygen atoms in total. The van der Waals surface area contributed by atoms with E-state index in [1.165, 1.54) is 11.3 Å². The standard InChI is InChI=1S/C11H14BrNO2S/c1-7-5-6-8(16-7)9(14)10(12)13-15-11(2,3)4/h5-6H,1-4H3/b13-10-. The first kappa shape index (κ1) is 13.4. The highest BCUT2D eigenvalue weighted by Crippen LogP contribution is 2.18. The van der Waals surface area contributed by atoms with Crippen molar-refractivity contribution in [1.29, 1.82) is 0 Å². The van der Waals surface area contributed by atoms with Crippen molar-refractivity contribution in [1.82, 2.24) is 0 Å². The fourth-order valence-electron chi connectivity index (χ4n) is 0.877. The van der Waals surface area contributed by atoms with Crippen molar-refractivity contribution in [2.24, 2.45) is 5.16 Å². The molecule has 0 aromatic carbocycles. The van der Waals surface area contributed by atoms with Crippen molar-refractivity contribution in [3.05, 3.63) is 21.9 Å². The normalized spacial score (nSPS) is 12.7. The molecular formula is C11H14BrNO2S. The van der Waals surface area contributed by atoms with Crippen molar-refractivity contribution >= 4 is 37.7 Å². The van der Waals surface area contributed by atoms with Crippen LogP contribution in [-0.4, -0.2) is 16.0 Å². The van der Waals surface area contributed by atoms with Gasteiger partial charge in [-0.25, -0.2) is 0 Å². The van der Waals surface area contributed by atoms with Gasteiger partial charge < -0.3 is 4.84 Å². The lowest BCUT2D eigenvalue weighted by molar-refractivity contribution is 0.00157. The zero-order chi connectivity index (χ0) is 12.3. The van der Waals surface area contributed by atoms with Gasteiger partial charge in [0.05, 0.1) is 4.88 Å². The lowest BCUT2D eigenvalue weighted by atomic mass is 10.2. The minimum atomic E-state index is -0.398. The number of oxime groups is 1. The average molecular weight is 304 g/mol. The number of hydrogen-bond acceptors (Lipinski definition) is 4. The Bertz CT molecular complexity index is 418. The molecule has 0 unspecified atom stereocenters. The number of ketones is 1. The number of Topliss-reactive ketones (excluding diaryl/α,β-unsaturated/α-hetero) is 1. The van der Waals surface area contributed by atoms with Gasteiger partial charge in [-0.2, -0.15) is 0 Å². The van der Waals surface area contributed by atoms with Gasteiger partial charge >= 0.3 is 0 Å². The van der Waals surface area contributed by atoms with Crippen LogP contribution in [0.5, 0.6) is 0 Å². The molecule has 0 N–H and O–H groups in total. The number of halogens is 1. The molecule has 1 heterocycles. The Hall–Kier alpha value is -0.680. The van der Waals surface area contributed by atoms with E-state index in [9.17, 15) is 4.79 Å². The van der Waals surface area contributed by atoms with Crippen LogP contribution in [-0.2, 0) is 4.84 Å². The van der Waals surface area contributed by atoms with Gasteiger partial charge in [0.2, 0.25) is 5.78 Å². The number of thiophene rings is 1. The van der Waals surface area contributed by atoms with Gasteiger partial charge in [0, 0.05) is 4.88 Å². The Kier molecular flexibility index (Phi) is 4.27. The van der Waals surface area contributed by atoms with Crippen molar-refractivity contribution < 1.29 is 9.63 Å². The molecule has 1 rings (SSSR count). The van der Waals surface area contributed by atoms with Crippen LogP contribution in [0.1, 0.15) is 35.3 Å². The third-order valence-corrected chi connectivity index (χ3v) is 3.06. The lowest BCUT2D eigenvalue weighted by Crippen LogP contribution is -2.17. The van der Waals surface area contributed by atoms with Crippen LogP contribution in [0.2, 0.25) is 0 Å². The summed E-state index contributed by atoms with van der Waals surface area (Å²) in [6.07, 6.45) is 0. The molecule has 16 heavy (non-hydrogen) atoms. The summed E-state index contributed by atoms with van der Waals surface area (Å²) in [5, 5.41) is 3.77. The topological polar surface area (TPSA) is 38.7 Å². The van der Waals surface area contributed by atoms with E-state index in [0.717, 1.165) is 4.88 Å². The SMILES string of the molecule is Cc1ccc(C(=O)/C(Br)=N/OC(C)(C)C)s1. The third-order valence-electron chi connectivity index (χ3n) is 1.55. The van der Waals surface area contributed by atoms with Crippen molar-refractivity contribution in [2.75, 3.05) is 0 Å². The summed E-state index contributed by atoms with van der Waals surface area (Å²) < 4.78 is 0.198. The summed E-state index contributed by atoms with van der Waals surface area (Å²) in [6.45, 7) is 7.57. The van der Waals surface area contributed by atoms with Crippen LogP contribution >= 0.6 is 27.3 Å². The molecule has 0 bridgehead atoms. The second-order valence-corrected chi connectivity index (χ2v) is 6.36. The number of hydrogen-bond donors (Lipinski definition) is 0. The Morgan fingerprint density at radius 1 is 1.44 bits per heavy atom. The first-order chi connectivity index (χ1) is 7.29. The van der Waals surface area contributed by atoms with Crippen molar-refractivity contribution in [3.63, 3.8) is 0 Å². The Balaban J connectivity index is 2.75. The number of carbonyl (C=O) groups is 1. The van der Waals surface area contributed by atoms with Gasteiger partial charge in [-0.15, -0.1) is 11.3 Å². The van der Waals surface area contributed by atoms with E-state index in [1.54, 1.807) is 6.07 Å². The summed E-state index contributed by atoms with van der Waals surface area (Å²) in [5.74, 6) is -0.151. The van der Waals surface area contributed by atoms with E-state index < -0.39 is 5.60 Å². The maximum Gasteiger partial charge on any atom is 0.231 e. The largest absolute Gasteiger partial charge is 0.389 e. The first-order valence-corrected chi connectivity index (χ1v) is 6.43. The monoisotopic (exact) mass is 303 g/mol. The predicted molar refractivity (Wildman–Crippen MR) is 70.6 cm³/mol. The summed E-state index contributed by atoms with van der Waals surface area (Å²) in [5.41, 5.74) is -0.398. The van der Waals surface area contributed by atoms with Crippen LogP contribution in [0.15, 0.2) is 17.3 Å². The van der Waals surface area contributed by atoms with Crippen molar-refractivity contribution in [2.45, 2.75) is 33.3 Å². The molecule has 88 valence electrons. The molecule has 0 saturated carbocycles. The summed E-state index contributed by atoms with van der Waals surface area (Å²) in [4.78, 5) is 18.7. The smallest absolute Gasteiger partial charge is 0.231 e. The molecule has 0 aliphatic heterocycles. The van der Waals surface area contributed by atoms with Gasteiger partial charge in [-0.1, -0.05) is 5.16 Å². The third kappa shape index (κ3) is 4.06.